The SMILES string of the molecule is CC(O)(CO)CNC(=O)c1cccc(N)c1. The molecule has 0 saturated carbocycles. The summed E-state index contributed by atoms with van der Waals surface area (Å²) in [5.41, 5.74) is 5.15. The second-order valence-electron chi connectivity index (χ2n) is 3.96. The monoisotopic (exact) mass is 224 g/mol. The van der Waals surface area contributed by atoms with E-state index in [0.717, 1.165) is 0 Å². The molecule has 1 unspecified atom stereocenters. The van der Waals surface area contributed by atoms with Gasteiger partial charge in [-0.15, -0.1) is 0 Å². The van der Waals surface area contributed by atoms with Crippen LogP contribution in [0.25, 0.3) is 0 Å². The average molecular weight is 224 g/mol. The lowest BCUT2D eigenvalue weighted by atomic mass is 10.1. The van der Waals surface area contributed by atoms with Crippen molar-refractivity contribution in [1.82, 2.24) is 5.32 Å². The molecule has 0 aliphatic heterocycles. The van der Waals surface area contributed by atoms with Crippen molar-refractivity contribution in [3.8, 4) is 0 Å². The van der Waals surface area contributed by atoms with Crippen LogP contribution in [0, 0.1) is 0 Å². The third-order valence-electron chi connectivity index (χ3n) is 2.12. The summed E-state index contributed by atoms with van der Waals surface area (Å²) < 4.78 is 0. The zero-order valence-corrected chi connectivity index (χ0v) is 9.10. The van der Waals surface area contributed by atoms with Gasteiger partial charge in [-0.2, -0.15) is 0 Å². The molecule has 0 saturated heterocycles. The first kappa shape index (κ1) is 12.5. The molecule has 5 N–H and O–H groups in total. The molecule has 0 fully saturated rings. The van der Waals surface area contributed by atoms with Crippen molar-refractivity contribution in [3.63, 3.8) is 0 Å². The van der Waals surface area contributed by atoms with Gasteiger partial charge in [-0.1, -0.05) is 6.07 Å². The standard InChI is InChI=1S/C11H16N2O3/c1-11(16,7-14)6-13-10(15)8-3-2-4-9(12)5-8/h2-5,14,16H,6-7,12H2,1H3,(H,13,15). The number of nitrogens with two attached hydrogens (primary N) is 1. The molecule has 1 aromatic carbocycles. The van der Waals surface area contributed by atoms with Crippen LogP contribution < -0.4 is 11.1 Å². The Labute approximate surface area is 93.9 Å². The highest BCUT2D eigenvalue weighted by Gasteiger charge is 2.20. The highest BCUT2D eigenvalue weighted by Crippen LogP contribution is 2.07. The maximum atomic E-state index is 11.6. The lowest BCUT2D eigenvalue weighted by Crippen LogP contribution is -2.43. The summed E-state index contributed by atoms with van der Waals surface area (Å²) >= 11 is 0. The molecule has 0 heterocycles. The van der Waals surface area contributed by atoms with Gasteiger partial charge in [0, 0.05) is 17.8 Å². The van der Waals surface area contributed by atoms with Gasteiger partial charge < -0.3 is 21.3 Å². The normalized spacial score (nSPS) is 14.2. The van der Waals surface area contributed by atoms with Crippen molar-refractivity contribution in [2.45, 2.75) is 12.5 Å². The topological polar surface area (TPSA) is 95.6 Å². The highest BCUT2D eigenvalue weighted by molar-refractivity contribution is 5.95. The van der Waals surface area contributed by atoms with Crippen LogP contribution in [0.1, 0.15) is 17.3 Å². The van der Waals surface area contributed by atoms with E-state index in [1.807, 2.05) is 0 Å². The highest BCUT2D eigenvalue weighted by atomic mass is 16.3. The quantitative estimate of drug-likeness (QED) is 0.530. The van der Waals surface area contributed by atoms with E-state index >= 15 is 0 Å². The number of hydrogen-bond donors (Lipinski definition) is 4. The summed E-state index contributed by atoms with van der Waals surface area (Å²) in [4.78, 5) is 11.6. The maximum absolute atomic E-state index is 11.6. The van der Waals surface area contributed by atoms with Crippen molar-refractivity contribution in [1.29, 1.82) is 0 Å². The molecule has 0 bridgehead atoms. The Balaban J connectivity index is 2.60. The fourth-order valence-electron chi connectivity index (χ4n) is 1.11. The van der Waals surface area contributed by atoms with Crippen LogP contribution in [0.4, 0.5) is 5.69 Å². The van der Waals surface area contributed by atoms with E-state index in [1.165, 1.54) is 6.92 Å². The molecular formula is C11H16N2O3. The first-order valence-electron chi connectivity index (χ1n) is 4.91. The molecular weight excluding hydrogens is 208 g/mol. The first-order valence-corrected chi connectivity index (χ1v) is 4.91. The second kappa shape index (κ2) is 4.96. The number of aliphatic hydroxyl groups is 2. The fraction of sp³-hybridized carbons (Fsp3) is 0.364. The second-order valence-corrected chi connectivity index (χ2v) is 3.96. The molecule has 5 heteroatoms. The third kappa shape index (κ3) is 3.52. The van der Waals surface area contributed by atoms with E-state index in [2.05, 4.69) is 5.32 Å². The van der Waals surface area contributed by atoms with Crippen molar-refractivity contribution in [3.05, 3.63) is 29.8 Å². The number of benzene rings is 1. The van der Waals surface area contributed by atoms with Crippen LogP contribution >= 0.6 is 0 Å². The molecule has 0 aromatic heterocycles. The molecule has 0 aliphatic rings. The first-order chi connectivity index (χ1) is 7.44. The lowest BCUT2D eigenvalue weighted by Gasteiger charge is -2.20. The number of carbonyl (C=O) groups is 1. The Kier molecular flexibility index (Phi) is 3.87. The largest absolute Gasteiger partial charge is 0.399 e. The molecule has 1 aromatic rings. The number of nitrogens with one attached hydrogen (secondary N) is 1. The van der Waals surface area contributed by atoms with Crippen LogP contribution in [0.2, 0.25) is 0 Å². The van der Waals surface area contributed by atoms with E-state index in [0.29, 0.717) is 11.3 Å². The van der Waals surface area contributed by atoms with Crippen LogP contribution in [0.5, 0.6) is 0 Å². The molecule has 1 rings (SSSR count). The minimum Gasteiger partial charge on any atom is -0.399 e. The summed E-state index contributed by atoms with van der Waals surface area (Å²) in [6.45, 7) is 1.01. The van der Waals surface area contributed by atoms with E-state index < -0.39 is 12.2 Å². The van der Waals surface area contributed by atoms with Crippen LogP contribution in [-0.4, -0.2) is 34.9 Å². The molecule has 5 nitrogen and oxygen atoms in total. The number of nitrogen functional groups attached to an aromatic ring is 1. The molecule has 0 radical (unpaired) electrons. The molecule has 0 spiro atoms. The Morgan fingerprint density at radius 2 is 2.25 bits per heavy atom. The third-order valence-corrected chi connectivity index (χ3v) is 2.12. The number of amides is 1. The minimum absolute atomic E-state index is 0.0167. The molecule has 1 amide bonds. The summed E-state index contributed by atoms with van der Waals surface area (Å²) in [6, 6.07) is 6.53. The smallest absolute Gasteiger partial charge is 0.251 e. The molecule has 88 valence electrons. The Morgan fingerprint density at radius 1 is 1.56 bits per heavy atom. The summed E-state index contributed by atoms with van der Waals surface area (Å²) in [7, 11) is 0. The molecule has 0 aliphatic carbocycles. The van der Waals surface area contributed by atoms with Gasteiger partial charge in [0.25, 0.3) is 5.91 Å². The predicted octanol–water partition coefficient (Wildman–Crippen LogP) is -0.258. The van der Waals surface area contributed by atoms with Gasteiger partial charge >= 0.3 is 0 Å². The summed E-state index contributed by atoms with van der Waals surface area (Å²) in [5, 5.41) is 20.8. The van der Waals surface area contributed by atoms with E-state index in [-0.39, 0.29) is 12.5 Å². The lowest BCUT2D eigenvalue weighted by molar-refractivity contribution is 0.00320. The van der Waals surface area contributed by atoms with Gasteiger partial charge in [0.2, 0.25) is 0 Å². The Bertz CT molecular complexity index is 377. The van der Waals surface area contributed by atoms with Crippen LogP contribution in [0.3, 0.4) is 0 Å². The summed E-state index contributed by atoms with van der Waals surface area (Å²) in [5.74, 6) is -0.332. The zero-order chi connectivity index (χ0) is 12.2. The van der Waals surface area contributed by atoms with Crippen molar-refractivity contribution in [2.24, 2.45) is 0 Å². The Hall–Kier alpha value is -1.59. The van der Waals surface area contributed by atoms with E-state index in [9.17, 15) is 9.90 Å². The van der Waals surface area contributed by atoms with Crippen LogP contribution in [-0.2, 0) is 0 Å². The Morgan fingerprint density at radius 3 is 2.81 bits per heavy atom. The summed E-state index contributed by atoms with van der Waals surface area (Å²) in [6.07, 6.45) is 0. The fourth-order valence-corrected chi connectivity index (χ4v) is 1.11. The minimum atomic E-state index is -1.31. The molecule has 16 heavy (non-hydrogen) atoms. The van der Waals surface area contributed by atoms with E-state index in [4.69, 9.17) is 10.8 Å². The van der Waals surface area contributed by atoms with Gasteiger partial charge in [-0.3, -0.25) is 4.79 Å². The number of hydrogen-bond acceptors (Lipinski definition) is 4. The predicted molar refractivity (Wildman–Crippen MR) is 60.9 cm³/mol. The van der Waals surface area contributed by atoms with Crippen LogP contribution in [0.15, 0.2) is 24.3 Å². The van der Waals surface area contributed by atoms with Crippen molar-refractivity contribution < 1.29 is 15.0 Å². The molecule has 1 atom stereocenters. The zero-order valence-electron chi connectivity index (χ0n) is 9.10. The number of aliphatic hydroxyl groups excluding tert-OH is 1. The average Bonchev–Trinajstić information content (AvgIpc) is 2.26. The maximum Gasteiger partial charge on any atom is 0.251 e. The van der Waals surface area contributed by atoms with Gasteiger partial charge in [0.15, 0.2) is 0 Å². The van der Waals surface area contributed by atoms with Gasteiger partial charge in [0.1, 0.15) is 5.60 Å². The number of anilines is 1. The van der Waals surface area contributed by atoms with Crippen molar-refractivity contribution >= 4 is 11.6 Å². The number of rotatable bonds is 4. The van der Waals surface area contributed by atoms with Gasteiger partial charge in [0.05, 0.1) is 6.61 Å². The van der Waals surface area contributed by atoms with Crippen molar-refractivity contribution in [2.75, 3.05) is 18.9 Å². The van der Waals surface area contributed by atoms with E-state index in [1.54, 1.807) is 24.3 Å². The van der Waals surface area contributed by atoms with Gasteiger partial charge in [-0.05, 0) is 25.1 Å². The van der Waals surface area contributed by atoms with Gasteiger partial charge in [-0.25, -0.2) is 0 Å². The number of carbonyl (C=O) groups excluding carboxylic acids is 1.